The summed E-state index contributed by atoms with van der Waals surface area (Å²) in [5.74, 6) is -0.235. The number of aromatic nitrogens is 1. The number of allylic oxidation sites excluding steroid dienone is 1. The number of rotatable bonds is 4. The molecule has 1 saturated heterocycles. The van der Waals surface area contributed by atoms with Crippen molar-refractivity contribution in [1.29, 1.82) is 5.26 Å². The fourth-order valence-electron chi connectivity index (χ4n) is 3.72. The zero-order valence-corrected chi connectivity index (χ0v) is 14.9. The van der Waals surface area contributed by atoms with Gasteiger partial charge < -0.3 is 4.57 Å². The van der Waals surface area contributed by atoms with Crippen LogP contribution in [0.2, 0.25) is 0 Å². The van der Waals surface area contributed by atoms with Gasteiger partial charge in [0.25, 0.3) is 0 Å². The van der Waals surface area contributed by atoms with Gasteiger partial charge in [-0.15, -0.1) is 0 Å². The largest absolute Gasteiger partial charge is 0.318 e. The number of nitrogens with zero attached hydrogens (tertiary/aromatic N) is 3. The van der Waals surface area contributed by atoms with Crippen LogP contribution >= 0.6 is 0 Å². The van der Waals surface area contributed by atoms with E-state index < -0.39 is 0 Å². The molecule has 4 heteroatoms. The molecule has 0 atom stereocenters. The minimum Gasteiger partial charge on any atom is -0.318 e. The highest BCUT2D eigenvalue weighted by Crippen LogP contribution is 2.27. The quantitative estimate of drug-likeness (QED) is 0.762. The second-order valence-electron chi connectivity index (χ2n) is 6.73. The maximum Gasteiger partial charge on any atom is 0.123 e. The van der Waals surface area contributed by atoms with Crippen molar-refractivity contribution in [2.24, 2.45) is 0 Å². The molecule has 2 heterocycles. The molecule has 0 amide bonds. The summed E-state index contributed by atoms with van der Waals surface area (Å²) in [7, 11) is 0. The highest BCUT2D eigenvalue weighted by Gasteiger charge is 2.18. The first-order valence-corrected chi connectivity index (χ1v) is 8.86. The second-order valence-corrected chi connectivity index (χ2v) is 6.73. The molecule has 130 valence electrons. The van der Waals surface area contributed by atoms with E-state index in [4.69, 9.17) is 0 Å². The van der Waals surface area contributed by atoms with Crippen LogP contribution in [0.3, 0.4) is 0 Å². The maximum atomic E-state index is 13.2. The first-order chi connectivity index (χ1) is 12.1. The predicted octanol–water partition coefficient (Wildman–Crippen LogP) is 4.63. The smallest absolute Gasteiger partial charge is 0.123 e. The third-order valence-electron chi connectivity index (χ3n) is 4.94. The van der Waals surface area contributed by atoms with Crippen LogP contribution in [-0.4, -0.2) is 29.1 Å². The van der Waals surface area contributed by atoms with Gasteiger partial charge in [0.15, 0.2) is 0 Å². The lowest BCUT2D eigenvalue weighted by atomic mass is 10.0. The average molecular weight is 337 g/mol. The molecule has 1 aromatic heterocycles. The lowest BCUT2D eigenvalue weighted by Crippen LogP contribution is -2.31. The molecular formula is C21H24FN3. The molecule has 0 aliphatic carbocycles. The Bertz CT molecular complexity index is 803. The van der Waals surface area contributed by atoms with E-state index in [0.29, 0.717) is 0 Å². The molecule has 1 aliphatic rings. The third-order valence-corrected chi connectivity index (χ3v) is 4.94. The zero-order valence-electron chi connectivity index (χ0n) is 14.9. The molecule has 1 aliphatic heterocycles. The molecule has 1 aromatic carbocycles. The van der Waals surface area contributed by atoms with Crippen molar-refractivity contribution in [2.45, 2.75) is 33.1 Å². The van der Waals surface area contributed by atoms with Crippen LogP contribution in [-0.2, 0) is 0 Å². The summed E-state index contributed by atoms with van der Waals surface area (Å²) in [4.78, 5) is 2.43. The van der Waals surface area contributed by atoms with Gasteiger partial charge in [0.2, 0.25) is 0 Å². The number of hydrogen-bond donors (Lipinski definition) is 0. The monoisotopic (exact) mass is 337 g/mol. The Morgan fingerprint density at radius 3 is 2.48 bits per heavy atom. The van der Waals surface area contributed by atoms with Gasteiger partial charge in [-0.25, -0.2) is 4.39 Å². The fraction of sp³-hybridized carbons (Fsp3) is 0.381. The van der Waals surface area contributed by atoms with Crippen molar-refractivity contribution >= 4 is 5.57 Å². The topological polar surface area (TPSA) is 32.0 Å². The molecular weight excluding hydrogens is 313 g/mol. The summed E-state index contributed by atoms with van der Waals surface area (Å²) in [5, 5.41) is 9.25. The van der Waals surface area contributed by atoms with Crippen molar-refractivity contribution in [1.82, 2.24) is 9.47 Å². The Morgan fingerprint density at radius 1 is 1.16 bits per heavy atom. The maximum absolute atomic E-state index is 13.2. The predicted molar refractivity (Wildman–Crippen MR) is 99.1 cm³/mol. The van der Waals surface area contributed by atoms with Gasteiger partial charge in [-0.3, -0.25) is 4.90 Å². The van der Waals surface area contributed by atoms with E-state index in [0.717, 1.165) is 47.8 Å². The van der Waals surface area contributed by atoms with Gasteiger partial charge in [-0.05, 0) is 75.7 Å². The van der Waals surface area contributed by atoms with E-state index >= 15 is 0 Å². The number of nitriles is 1. The van der Waals surface area contributed by atoms with Gasteiger partial charge in [0, 0.05) is 35.3 Å². The molecule has 3 rings (SSSR count). The molecule has 3 nitrogen and oxygen atoms in total. The summed E-state index contributed by atoms with van der Waals surface area (Å²) in [6, 6.07) is 10.9. The zero-order chi connectivity index (χ0) is 17.8. The summed E-state index contributed by atoms with van der Waals surface area (Å²) in [6.45, 7) is 7.11. The van der Waals surface area contributed by atoms with Crippen molar-refractivity contribution in [3.8, 4) is 11.8 Å². The van der Waals surface area contributed by atoms with E-state index in [1.54, 1.807) is 18.2 Å². The molecule has 0 saturated carbocycles. The molecule has 1 fully saturated rings. The fourth-order valence-corrected chi connectivity index (χ4v) is 3.72. The number of piperidine rings is 1. The van der Waals surface area contributed by atoms with E-state index in [9.17, 15) is 9.65 Å². The summed E-state index contributed by atoms with van der Waals surface area (Å²) >= 11 is 0. The van der Waals surface area contributed by atoms with Crippen LogP contribution in [0.1, 0.15) is 36.2 Å². The highest BCUT2D eigenvalue weighted by atomic mass is 19.1. The van der Waals surface area contributed by atoms with Crippen LogP contribution < -0.4 is 0 Å². The van der Waals surface area contributed by atoms with Crippen LogP contribution in [0, 0.1) is 31.0 Å². The normalized spacial score (nSPS) is 16.0. The Hall–Kier alpha value is -2.38. The van der Waals surface area contributed by atoms with Gasteiger partial charge >= 0.3 is 0 Å². The Morgan fingerprint density at radius 2 is 1.84 bits per heavy atom. The minimum atomic E-state index is -0.235. The summed E-state index contributed by atoms with van der Waals surface area (Å²) in [6.07, 6.45) is 5.43. The van der Waals surface area contributed by atoms with Crippen molar-refractivity contribution in [2.75, 3.05) is 19.6 Å². The van der Waals surface area contributed by atoms with Crippen molar-refractivity contribution in [3.63, 3.8) is 0 Å². The number of benzene rings is 1. The lowest BCUT2D eigenvalue weighted by molar-refractivity contribution is 0.255. The van der Waals surface area contributed by atoms with Crippen LogP contribution in [0.4, 0.5) is 4.39 Å². The first kappa shape index (κ1) is 17.4. The number of hydrogen-bond acceptors (Lipinski definition) is 2. The molecule has 0 N–H and O–H groups in total. The van der Waals surface area contributed by atoms with E-state index in [1.165, 1.54) is 31.4 Å². The van der Waals surface area contributed by atoms with Crippen molar-refractivity contribution in [3.05, 3.63) is 59.2 Å². The Balaban J connectivity index is 1.95. The number of halogens is 1. The molecule has 0 unspecified atom stereocenters. The van der Waals surface area contributed by atoms with E-state index in [2.05, 4.69) is 28.5 Å². The number of aryl methyl sites for hydroxylation is 1. The molecule has 2 aromatic rings. The van der Waals surface area contributed by atoms with Crippen LogP contribution in [0.15, 0.2) is 36.4 Å². The second kappa shape index (κ2) is 7.67. The first-order valence-electron chi connectivity index (χ1n) is 8.86. The highest BCUT2D eigenvalue weighted by molar-refractivity contribution is 5.72. The SMILES string of the molecule is Cc1cc(/C(=C/C#N)CN2CCCCC2)c(C)n1-c1ccc(F)cc1. The lowest BCUT2D eigenvalue weighted by Gasteiger charge is -2.27. The molecule has 0 spiro atoms. The van der Waals surface area contributed by atoms with Crippen molar-refractivity contribution < 1.29 is 4.39 Å². The third kappa shape index (κ3) is 3.83. The molecule has 25 heavy (non-hydrogen) atoms. The Labute approximate surface area is 149 Å². The van der Waals surface area contributed by atoms with Gasteiger partial charge in [-0.2, -0.15) is 5.26 Å². The summed E-state index contributed by atoms with van der Waals surface area (Å²) < 4.78 is 15.4. The van der Waals surface area contributed by atoms with E-state index in [1.807, 2.05) is 6.92 Å². The van der Waals surface area contributed by atoms with Gasteiger partial charge in [0.05, 0.1) is 6.07 Å². The van der Waals surface area contributed by atoms with E-state index in [-0.39, 0.29) is 5.82 Å². The molecule has 0 radical (unpaired) electrons. The Kier molecular flexibility index (Phi) is 5.35. The van der Waals surface area contributed by atoms with Crippen LogP contribution in [0.25, 0.3) is 11.3 Å². The average Bonchev–Trinajstić information content (AvgIpc) is 2.91. The van der Waals surface area contributed by atoms with Gasteiger partial charge in [0.1, 0.15) is 5.82 Å². The summed E-state index contributed by atoms with van der Waals surface area (Å²) in [5.41, 5.74) is 5.28. The minimum absolute atomic E-state index is 0.235. The number of likely N-dealkylation sites (tertiary alicyclic amines) is 1. The van der Waals surface area contributed by atoms with Crippen LogP contribution in [0.5, 0.6) is 0 Å². The van der Waals surface area contributed by atoms with Gasteiger partial charge in [-0.1, -0.05) is 6.42 Å². The standard InChI is InChI=1S/C21H24FN3/c1-16-14-21(17(2)25(16)20-8-6-19(22)7-9-20)18(10-11-23)15-24-12-4-3-5-13-24/h6-10,14H,3-5,12-13,15H2,1-2H3/b18-10+. The molecule has 0 bridgehead atoms.